The summed E-state index contributed by atoms with van der Waals surface area (Å²) in [6.45, 7) is 4.09. The van der Waals surface area contributed by atoms with Crippen LogP contribution >= 0.6 is 0 Å². The van der Waals surface area contributed by atoms with Crippen molar-refractivity contribution >= 4 is 23.0 Å². The Kier molecular flexibility index (Phi) is 8.63. The smallest absolute Gasteiger partial charge is 0.408 e. The third-order valence-corrected chi connectivity index (χ3v) is 5.19. The van der Waals surface area contributed by atoms with Gasteiger partial charge in [0.2, 0.25) is 0 Å². The number of nitrogens with one attached hydrogen (secondary N) is 1. The van der Waals surface area contributed by atoms with Gasteiger partial charge in [-0.05, 0) is 42.5 Å². The molecule has 3 rings (SSSR count). The highest BCUT2D eigenvalue weighted by atomic mass is 16.6. The molecule has 0 spiro atoms. The number of unbranched alkanes of at least 4 members (excludes halogenated alkanes) is 1. The molecule has 33 heavy (non-hydrogen) atoms. The number of carbonyl (C=O) groups excluding carboxylic acids is 2. The summed E-state index contributed by atoms with van der Waals surface area (Å²) in [6.07, 6.45) is 3.09. The zero-order valence-corrected chi connectivity index (χ0v) is 19.0. The average Bonchev–Trinajstić information content (AvgIpc) is 2.81. The van der Waals surface area contributed by atoms with Crippen molar-refractivity contribution in [3.63, 3.8) is 0 Å². The molecule has 1 amide bonds. The van der Waals surface area contributed by atoms with Crippen LogP contribution in [0.2, 0.25) is 0 Å². The molecule has 1 atom stereocenters. The van der Waals surface area contributed by atoms with Crippen molar-refractivity contribution < 1.29 is 23.5 Å². The average molecular weight is 452 g/mol. The fourth-order valence-electron chi connectivity index (χ4n) is 3.48. The molecule has 1 aromatic heterocycles. The second kappa shape index (κ2) is 11.9. The molecule has 0 saturated carbocycles. The van der Waals surface area contributed by atoms with Gasteiger partial charge in [0.15, 0.2) is 0 Å². The van der Waals surface area contributed by atoms with E-state index in [-0.39, 0.29) is 12.4 Å². The Morgan fingerprint density at radius 3 is 2.55 bits per heavy atom. The van der Waals surface area contributed by atoms with Gasteiger partial charge in [-0.2, -0.15) is 0 Å². The number of hydrogen-bond acceptors (Lipinski definition) is 6. The molecule has 0 fully saturated rings. The van der Waals surface area contributed by atoms with Crippen molar-refractivity contribution in [2.45, 2.75) is 58.6 Å². The van der Waals surface area contributed by atoms with E-state index in [9.17, 15) is 14.4 Å². The minimum Gasteiger partial charge on any atom is -0.445 e. The van der Waals surface area contributed by atoms with E-state index in [2.05, 4.69) is 12.2 Å². The number of aryl methyl sites for hydroxylation is 1. The van der Waals surface area contributed by atoms with Gasteiger partial charge in [0.1, 0.15) is 24.0 Å². The molecule has 0 bridgehead atoms. The summed E-state index contributed by atoms with van der Waals surface area (Å²) >= 11 is 0. The first-order valence-electron chi connectivity index (χ1n) is 11.3. The molecule has 0 aliphatic rings. The predicted molar refractivity (Wildman–Crippen MR) is 125 cm³/mol. The molecule has 174 valence electrons. The third-order valence-electron chi connectivity index (χ3n) is 5.19. The molecule has 1 heterocycles. The van der Waals surface area contributed by atoms with Crippen molar-refractivity contribution in [2.24, 2.45) is 0 Å². The van der Waals surface area contributed by atoms with Crippen LogP contribution in [0.15, 0.2) is 63.8 Å². The van der Waals surface area contributed by atoms with E-state index < -0.39 is 23.7 Å². The lowest BCUT2D eigenvalue weighted by Gasteiger charge is -2.17. The monoisotopic (exact) mass is 451 g/mol. The molecule has 0 aliphatic carbocycles. The SMILES string of the molecule is CCCCc1cc(=O)oc2cc(OC(=O)[C@@H](CCC)NC(=O)OCc3ccccc3)ccc12. The highest BCUT2D eigenvalue weighted by molar-refractivity contribution is 5.85. The normalized spacial score (nSPS) is 11.7. The molecule has 0 saturated heterocycles. The minimum absolute atomic E-state index is 0.102. The number of hydrogen-bond donors (Lipinski definition) is 1. The van der Waals surface area contributed by atoms with E-state index >= 15 is 0 Å². The fourth-order valence-corrected chi connectivity index (χ4v) is 3.48. The lowest BCUT2D eigenvalue weighted by molar-refractivity contribution is -0.136. The molecular formula is C26H29NO6. The van der Waals surface area contributed by atoms with E-state index in [1.807, 2.05) is 37.3 Å². The molecule has 0 radical (unpaired) electrons. The second-order valence-electron chi connectivity index (χ2n) is 7.82. The zero-order chi connectivity index (χ0) is 23.6. The Bertz CT molecular complexity index is 1140. The first kappa shape index (κ1) is 24.0. The first-order valence-corrected chi connectivity index (χ1v) is 11.3. The fraction of sp³-hybridized carbons (Fsp3) is 0.346. The van der Waals surface area contributed by atoms with Gasteiger partial charge >= 0.3 is 17.7 Å². The predicted octanol–water partition coefficient (Wildman–Crippen LogP) is 5.14. The summed E-state index contributed by atoms with van der Waals surface area (Å²) < 4.78 is 16.0. The van der Waals surface area contributed by atoms with Crippen molar-refractivity contribution in [3.8, 4) is 5.75 Å². The summed E-state index contributed by atoms with van der Waals surface area (Å²) in [4.78, 5) is 36.9. The Morgan fingerprint density at radius 1 is 1.03 bits per heavy atom. The molecule has 2 aromatic carbocycles. The van der Waals surface area contributed by atoms with E-state index in [1.165, 1.54) is 12.1 Å². The molecule has 7 nitrogen and oxygen atoms in total. The minimum atomic E-state index is -0.864. The highest BCUT2D eigenvalue weighted by Gasteiger charge is 2.23. The topological polar surface area (TPSA) is 94.8 Å². The Hall–Kier alpha value is -3.61. The zero-order valence-electron chi connectivity index (χ0n) is 19.0. The standard InChI is InChI=1S/C26H29NO6/c1-3-5-12-19-15-24(28)33-23-16-20(13-14-21(19)23)32-25(29)22(9-4-2)27-26(30)31-17-18-10-7-6-8-11-18/h6-8,10-11,13-16,22H,3-5,9,12,17H2,1-2H3,(H,27,30)/t22-/m1/s1. The summed E-state index contributed by atoms with van der Waals surface area (Å²) in [7, 11) is 0. The number of rotatable bonds is 10. The molecule has 7 heteroatoms. The maximum absolute atomic E-state index is 12.7. The number of alkyl carbamates (subject to hydrolysis) is 1. The van der Waals surface area contributed by atoms with E-state index in [0.717, 1.165) is 35.8 Å². The van der Waals surface area contributed by atoms with Crippen molar-refractivity contribution in [3.05, 3.63) is 76.1 Å². The van der Waals surface area contributed by atoms with Crippen LogP contribution in [0.4, 0.5) is 4.79 Å². The van der Waals surface area contributed by atoms with E-state index in [0.29, 0.717) is 18.4 Å². The number of fused-ring (bicyclic) bond motifs is 1. The van der Waals surface area contributed by atoms with Crippen LogP contribution < -0.4 is 15.7 Å². The molecular weight excluding hydrogens is 422 g/mol. The maximum atomic E-state index is 12.7. The third kappa shape index (κ3) is 6.94. The van der Waals surface area contributed by atoms with E-state index in [1.54, 1.807) is 12.1 Å². The number of ether oxygens (including phenoxy) is 2. The van der Waals surface area contributed by atoms with Gasteiger partial charge in [0.05, 0.1) is 0 Å². The van der Waals surface area contributed by atoms with Gasteiger partial charge in [-0.3, -0.25) is 0 Å². The van der Waals surface area contributed by atoms with Crippen LogP contribution in [0, 0.1) is 0 Å². The van der Waals surface area contributed by atoms with Crippen molar-refractivity contribution in [1.82, 2.24) is 5.32 Å². The highest BCUT2D eigenvalue weighted by Crippen LogP contribution is 2.24. The van der Waals surface area contributed by atoms with Gasteiger partial charge < -0.3 is 19.2 Å². The van der Waals surface area contributed by atoms with Gasteiger partial charge in [0.25, 0.3) is 0 Å². The number of carbonyl (C=O) groups is 2. The van der Waals surface area contributed by atoms with Gasteiger partial charge in [-0.25, -0.2) is 14.4 Å². The molecule has 3 aromatic rings. The largest absolute Gasteiger partial charge is 0.445 e. The first-order chi connectivity index (χ1) is 16.0. The van der Waals surface area contributed by atoms with Crippen LogP contribution in [0.25, 0.3) is 11.0 Å². The number of benzene rings is 2. The lowest BCUT2D eigenvalue weighted by Crippen LogP contribution is -2.43. The summed E-state index contributed by atoms with van der Waals surface area (Å²) in [5, 5.41) is 3.39. The van der Waals surface area contributed by atoms with Crippen LogP contribution in [0.5, 0.6) is 5.75 Å². The lowest BCUT2D eigenvalue weighted by atomic mass is 10.0. The Balaban J connectivity index is 1.67. The van der Waals surface area contributed by atoms with Crippen LogP contribution in [0.3, 0.4) is 0 Å². The van der Waals surface area contributed by atoms with Crippen molar-refractivity contribution in [1.29, 1.82) is 0 Å². The van der Waals surface area contributed by atoms with Crippen molar-refractivity contribution in [2.75, 3.05) is 0 Å². The maximum Gasteiger partial charge on any atom is 0.408 e. The summed E-state index contributed by atoms with van der Waals surface area (Å²) in [6, 6.07) is 14.9. The second-order valence-corrected chi connectivity index (χ2v) is 7.82. The van der Waals surface area contributed by atoms with Gasteiger partial charge in [0, 0.05) is 17.5 Å². The van der Waals surface area contributed by atoms with E-state index in [4.69, 9.17) is 13.9 Å². The number of amides is 1. The van der Waals surface area contributed by atoms with Crippen LogP contribution in [-0.4, -0.2) is 18.1 Å². The van der Waals surface area contributed by atoms with Crippen LogP contribution in [0.1, 0.15) is 50.7 Å². The molecule has 1 N–H and O–H groups in total. The molecule has 0 aliphatic heterocycles. The summed E-state index contributed by atoms with van der Waals surface area (Å²) in [5.41, 5.74) is 1.68. The Labute approximate surface area is 192 Å². The molecule has 0 unspecified atom stereocenters. The Morgan fingerprint density at radius 2 is 1.82 bits per heavy atom. The quantitative estimate of drug-likeness (QED) is 0.261. The van der Waals surface area contributed by atoms with Gasteiger partial charge in [-0.15, -0.1) is 0 Å². The van der Waals surface area contributed by atoms with Crippen LogP contribution in [-0.2, 0) is 22.6 Å². The van der Waals surface area contributed by atoms with Gasteiger partial charge in [-0.1, -0.05) is 57.0 Å². The number of esters is 1. The summed E-state index contributed by atoms with van der Waals surface area (Å²) in [5.74, 6) is -0.374.